The summed E-state index contributed by atoms with van der Waals surface area (Å²) in [5.41, 5.74) is 3.07. The summed E-state index contributed by atoms with van der Waals surface area (Å²) in [6, 6.07) is 9.67. The number of hydrogen-bond donors (Lipinski definition) is 1. The van der Waals surface area contributed by atoms with Crippen LogP contribution in [0.25, 0.3) is 0 Å². The van der Waals surface area contributed by atoms with Gasteiger partial charge in [0.25, 0.3) is 0 Å². The highest BCUT2D eigenvalue weighted by Crippen LogP contribution is 2.27. The molecule has 0 saturated carbocycles. The van der Waals surface area contributed by atoms with Gasteiger partial charge >= 0.3 is 0 Å². The Balaban J connectivity index is 2.91. The lowest BCUT2D eigenvalue weighted by molar-refractivity contribution is 0.376. The largest absolute Gasteiger partial charge is 0.316 e. The van der Waals surface area contributed by atoms with Gasteiger partial charge in [-0.15, -0.1) is 0 Å². The van der Waals surface area contributed by atoms with Crippen LogP contribution in [-0.4, -0.2) is 13.1 Å². The fourth-order valence-corrected chi connectivity index (χ4v) is 2.65. The SMILES string of the molecule is CNC(C(C)C)C(C)c1ccc(C(C)(C)C)cc1. The second kappa shape index (κ2) is 5.88. The van der Waals surface area contributed by atoms with Crippen molar-refractivity contribution in [1.29, 1.82) is 0 Å². The Hall–Kier alpha value is -0.820. The predicted molar refractivity (Wildman–Crippen MR) is 81.2 cm³/mol. The summed E-state index contributed by atoms with van der Waals surface area (Å²) in [6.07, 6.45) is 0. The maximum absolute atomic E-state index is 3.44. The van der Waals surface area contributed by atoms with Gasteiger partial charge in [-0.2, -0.15) is 0 Å². The number of hydrogen-bond acceptors (Lipinski definition) is 1. The van der Waals surface area contributed by atoms with Crippen LogP contribution in [0.1, 0.15) is 58.6 Å². The Labute approximate surface area is 113 Å². The van der Waals surface area contributed by atoms with Crippen LogP contribution in [-0.2, 0) is 5.41 Å². The molecule has 0 aromatic heterocycles. The van der Waals surface area contributed by atoms with E-state index in [1.165, 1.54) is 11.1 Å². The van der Waals surface area contributed by atoms with Crippen LogP contribution in [0.5, 0.6) is 0 Å². The highest BCUT2D eigenvalue weighted by molar-refractivity contribution is 5.30. The number of nitrogens with one attached hydrogen (secondary N) is 1. The lowest BCUT2D eigenvalue weighted by Gasteiger charge is -2.28. The molecule has 0 aliphatic carbocycles. The van der Waals surface area contributed by atoms with Crippen molar-refractivity contribution in [2.75, 3.05) is 7.05 Å². The average molecular weight is 247 g/mol. The van der Waals surface area contributed by atoms with E-state index < -0.39 is 0 Å². The molecule has 0 aliphatic heterocycles. The van der Waals surface area contributed by atoms with Gasteiger partial charge in [-0.1, -0.05) is 65.8 Å². The molecule has 2 atom stereocenters. The molecule has 18 heavy (non-hydrogen) atoms. The third-order valence-electron chi connectivity index (χ3n) is 3.89. The first-order chi connectivity index (χ1) is 8.27. The minimum atomic E-state index is 0.238. The van der Waals surface area contributed by atoms with Gasteiger partial charge < -0.3 is 5.32 Å². The van der Waals surface area contributed by atoms with Gasteiger partial charge in [0.15, 0.2) is 0 Å². The van der Waals surface area contributed by atoms with E-state index in [1.807, 2.05) is 0 Å². The summed E-state index contributed by atoms with van der Waals surface area (Å²) in [4.78, 5) is 0. The minimum absolute atomic E-state index is 0.238. The zero-order valence-corrected chi connectivity index (χ0v) is 13.0. The molecule has 0 amide bonds. The highest BCUT2D eigenvalue weighted by Gasteiger charge is 2.21. The summed E-state index contributed by atoms with van der Waals surface area (Å²) in [6.45, 7) is 13.7. The van der Waals surface area contributed by atoms with E-state index in [0.29, 0.717) is 17.9 Å². The highest BCUT2D eigenvalue weighted by atomic mass is 14.9. The number of rotatable bonds is 4. The molecule has 0 spiro atoms. The first-order valence-electron chi connectivity index (χ1n) is 7.05. The zero-order valence-electron chi connectivity index (χ0n) is 13.0. The lowest BCUT2D eigenvalue weighted by atomic mass is 9.83. The molecule has 0 radical (unpaired) electrons. The van der Waals surface area contributed by atoms with Gasteiger partial charge in [-0.05, 0) is 35.4 Å². The van der Waals surface area contributed by atoms with Crippen LogP contribution < -0.4 is 5.32 Å². The van der Waals surface area contributed by atoms with Crippen molar-refractivity contribution >= 4 is 0 Å². The van der Waals surface area contributed by atoms with Gasteiger partial charge in [0, 0.05) is 6.04 Å². The standard InChI is InChI=1S/C17H29N/c1-12(2)16(18-7)13(3)14-8-10-15(11-9-14)17(4,5)6/h8-13,16,18H,1-7H3. The minimum Gasteiger partial charge on any atom is -0.316 e. The Morgan fingerprint density at radius 2 is 1.44 bits per heavy atom. The van der Waals surface area contributed by atoms with Gasteiger partial charge in [-0.25, -0.2) is 0 Å². The molecule has 1 rings (SSSR count). The Kier molecular flexibility index (Phi) is 4.98. The molecule has 0 fully saturated rings. The van der Waals surface area contributed by atoms with Crippen LogP contribution in [0.15, 0.2) is 24.3 Å². The molecule has 1 nitrogen and oxygen atoms in total. The van der Waals surface area contributed by atoms with E-state index in [9.17, 15) is 0 Å². The molecule has 102 valence electrons. The lowest BCUT2D eigenvalue weighted by Crippen LogP contribution is -2.35. The molecule has 1 heteroatoms. The summed E-state index contributed by atoms with van der Waals surface area (Å²) in [5, 5.41) is 3.44. The summed E-state index contributed by atoms with van der Waals surface area (Å²) >= 11 is 0. The van der Waals surface area contributed by atoms with Crippen LogP contribution >= 0.6 is 0 Å². The maximum Gasteiger partial charge on any atom is 0.0153 e. The normalized spacial score (nSPS) is 15.8. The van der Waals surface area contributed by atoms with Gasteiger partial charge in [0.1, 0.15) is 0 Å². The molecule has 2 unspecified atom stereocenters. The second-order valence-electron chi connectivity index (χ2n) is 6.72. The Bertz CT molecular complexity index is 356. The van der Waals surface area contributed by atoms with Crippen molar-refractivity contribution in [1.82, 2.24) is 5.32 Å². The van der Waals surface area contributed by atoms with E-state index in [2.05, 4.69) is 78.2 Å². The summed E-state index contributed by atoms with van der Waals surface area (Å²) in [5.74, 6) is 1.19. The first-order valence-corrected chi connectivity index (χ1v) is 7.05. The van der Waals surface area contributed by atoms with Crippen molar-refractivity contribution in [3.8, 4) is 0 Å². The van der Waals surface area contributed by atoms with E-state index in [4.69, 9.17) is 0 Å². The number of likely N-dealkylation sites (N-methyl/N-ethyl adjacent to an activating group) is 1. The summed E-state index contributed by atoms with van der Waals surface area (Å²) < 4.78 is 0. The Morgan fingerprint density at radius 3 is 1.78 bits per heavy atom. The first kappa shape index (κ1) is 15.2. The van der Waals surface area contributed by atoms with Crippen LogP contribution in [0, 0.1) is 5.92 Å². The van der Waals surface area contributed by atoms with Gasteiger partial charge in [0.05, 0.1) is 0 Å². The Morgan fingerprint density at radius 1 is 0.944 bits per heavy atom. The van der Waals surface area contributed by atoms with Crippen LogP contribution in [0.3, 0.4) is 0 Å². The van der Waals surface area contributed by atoms with E-state index in [0.717, 1.165) is 0 Å². The molecule has 0 saturated heterocycles. The van der Waals surface area contributed by atoms with Crippen molar-refractivity contribution < 1.29 is 0 Å². The van der Waals surface area contributed by atoms with Crippen molar-refractivity contribution in [3.05, 3.63) is 35.4 Å². The topological polar surface area (TPSA) is 12.0 Å². The molecule has 0 aliphatic rings. The fourth-order valence-electron chi connectivity index (χ4n) is 2.65. The molecule has 0 heterocycles. The third-order valence-corrected chi connectivity index (χ3v) is 3.89. The average Bonchev–Trinajstić information content (AvgIpc) is 2.28. The van der Waals surface area contributed by atoms with E-state index in [1.54, 1.807) is 0 Å². The van der Waals surface area contributed by atoms with Crippen molar-refractivity contribution in [3.63, 3.8) is 0 Å². The van der Waals surface area contributed by atoms with Crippen molar-refractivity contribution in [2.24, 2.45) is 5.92 Å². The number of benzene rings is 1. The van der Waals surface area contributed by atoms with Crippen LogP contribution in [0.2, 0.25) is 0 Å². The third kappa shape index (κ3) is 3.58. The summed E-state index contributed by atoms with van der Waals surface area (Å²) in [7, 11) is 2.06. The predicted octanol–water partition coefficient (Wildman–Crippen LogP) is 4.33. The van der Waals surface area contributed by atoms with Gasteiger partial charge in [-0.3, -0.25) is 0 Å². The van der Waals surface area contributed by atoms with Gasteiger partial charge in [0.2, 0.25) is 0 Å². The maximum atomic E-state index is 3.44. The molecule has 1 aromatic carbocycles. The van der Waals surface area contributed by atoms with Crippen molar-refractivity contribution in [2.45, 2.75) is 58.9 Å². The fraction of sp³-hybridized carbons (Fsp3) is 0.647. The molecular weight excluding hydrogens is 218 g/mol. The van der Waals surface area contributed by atoms with E-state index >= 15 is 0 Å². The molecule has 1 aromatic rings. The monoisotopic (exact) mass is 247 g/mol. The smallest absolute Gasteiger partial charge is 0.0153 e. The molecular formula is C17H29N. The molecule has 1 N–H and O–H groups in total. The second-order valence-corrected chi connectivity index (χ2v) is 6.72. The van der Waals surface area contributed by atoms with Crippen LogP contribution in [0.4, 0.5) is 0 Å². The van der Waals surface area contributed by atoms with E-state index in [-0.39, 0.29) is 5.41 Å². The quantitative estimate of drug-likeness (QED) is 0.835. The molecule has 0 bridgehead atoms. The zero-order chi connectivity index (χ0) is 13.9.